The second-order valence-corrected chi connectivity index (χ2v) is 5.18. The van der Waals surface area contributed by atoms with Crippen LogP contribution in [-0.4, -0.2) is 17.6 Å². The maximum atomic E-state index is 5.95. The molecule has 3 heteroatoms. The fraction of sp³-hybridized carbons (Fsp3) is 0.667. The van der Waals surface area contributed by atoms with E-state index in [1.807, 2.05) is 6.92 Å². The Morgan fingerprint density at radius 2 is 2.06 bits per heavy atom. The van der Waals surface area contributed by atoms with Gasteiger partial charge in [0.05, 0.1) is 0 Å². The zero-order valence-corrected chi connectivity index (χ0v) is 12.8. The van der Waals surface area contributed by atoms with Crippen LogP contribution in [-0.2, 0) is 5.88 Å². The lowest BCUT2D eigenvalue weighted by Crippen LogP contribution is -2.34. The summed E-state index contributed by atoms with van der Waals surface area (Å²) in [4.78, 5) is 7.08. The van der Waals surface area contributed by atoms with Gasteiger partial charge in [0.15, 0.2) is 0 Å². The van der Waals surface area contributed by atoms with Crippen molar-refractivity contribution < 1.29 is 0 Å². The molecule has 0 radical (unpaired) electrons. The third-order valence-electron chi connectivity index (χ3n) is 3.32. The summed E-state index contributed by atoms with van der Waals surface area (Å²) >= 11 is 5.95. The van der Waals surface area contributed by atoms with Crippen LogP contribution in [0.5, 0.6) is 0 Å². The van der Waals surface area contributed by atoms with Gasteiger partial charge in [-0.1, -0.05) is 20.3 Å². The van der Waals surface area contributed by atoms with Crippen molar-refractivity contribution in [3.05, 3.63) is 23.4 Å². The molecule has 0 bridgehead atoms. The summed E-state index contributed by atoms with van der Waals surface area (Å²) in [6.45, 7) is 9.82. The zero-order valence-electron chi connectivity index (χ0n) is 12.0. The van der Waals surface area contributed by atoms with Crippen LogP contribution in [0.3, 0.4) is 0 Å². The Morgan fingerprint density at radius 3 is 2.61 bits per heavy atom. The quantitative estimate of drug-likeness (QED) is 0.675. The molecule has 0 aromatic carbocycles. The predicted octanol–water partition coefficient (Wildman–Crippen LogP) is 4.53. The second-order valence-electron chi connectivity index (χ2n) is 4.91. The van der Waals surface area contributed by atoms with Gasteiger partial charge in [0.2, 0.25) is 0 Å². The lowest BCUT2D eigenvalue weighted by atomic mass is 10.1. The van der Waals surface area contributed by atoms with Crippen LogP contribution in [0, 0.1) is 6.92 Å². The van der Waals surface area contributed by atoms with Gasteiger partial charge in [0.25, 0.3) is 0 Å². The highest BCUT2D eigenvalue weighted by Gasteiger charge is 2.14. The van der Waals surface area contributed by atoms with Gasteiger partial charge in [0.1, 0.15) is 5.82 Å². The number of alkyl halides is 1. The maximum absolute atomic E-state index is 5.95. The van der Waals surface area contributed by atoms with E-state index in [9.17, 15) is 0 Å². The van der Waals surface area contributed by atoms with Gasteiger partial charge >= 0.3 is 0 Å². The van der Waals surface area contributed by atoms with Gasteiger partial charge in [-0.15, -0.1) is 11.6 Å². The van der Waals surface area contributed by atoms with Crippen LogP contribution >= 0.6 is 11.6 Å². The van der Waals surface area contributed by atoms with Crippen molar-refractivity contribution in [1.82, 2.24) is 4.98 Å². The van der Waals surface area contributed by atoms with Crippen molar-refractivity contribution in [2.75, 3.05) is 11.4 Å². The number of aromatic nitrogens is 1. The number of unbranched alkanes of at least 4 members (excludes halogenated alkanes) is 1. The molecule has 0 aliphatic heterocycles. The monoisotopic (exact) mass is 268 g/mol. The first-order chi connectivity index (χ1) is 8.62. The Bertz CT molecular complexity index is 366. The average molecular weight is 269 g/mol. The van der Waals surface area contributed by atoms with Crippen molar-refractivity contribution >= 4 is 17.4 Å². The topological polar surface area (TPSA) is 16.1 Å². The summed E-state index contributed by atoms with van der Waals surface area (Å²) in [5.41, 5.74) is 2.21. The molecule has 2 nitrogen and oxygen atoms in total. The molecular weight excluding hydrogens is 244 g/mol. The van der Waals surface area contributed by atoms with Crippen molar-refractivity contribution in [3.8, 4) is 0 Å². The van der Waals surface area contributed by atoms with Gasteiger partial charge in [-0.25, -0.2) is 4.98 Å². The molecule has 0 saturated carbocycles. The van der Waals surface area contributed by atoms with E-state index in [0.717, 1.165) is 30.0 Å². The number of hydrogen-bond acceptors (Lipinski definition) is 2. The molecule has 1 rings (SSSR count). The molecule has 1 heterocycles. The Kier molecular flexibility index (Phi) is 6.48. The summed E-state index contributed by atoms with van der Waals surface area (Å²) < 4.78 is 0. The number of anilines is 1. The highest BCUT2D eigenvalue weighted by atomic mass is 35.5. The minimum absolute atomic E-state index is 0.522. The van der Waals surface area contributed by atoms with E-state index in [1.165, 1.54) is 12.8 Å². The summed E-state index contributed by atoms with van der Waals surface area (Å²) in [6, 6.07) is 4.71. The van der Waals surface area contributed by atoms with Gasteiger partial charge in [-0.3, -0.25) is 0 Å². The molecular formula is C15H25ClN2. The van der Waals surface area contributed by atoms with Gasteiger partial charge in [0, 0.05) is 24.2 Å². The highest BCUT2D eigenvalue weighted by molar-refractivity contribution is 6.17. The molecule has 102 valence electrons. The summed E-state index contributed by atoms with van der Waals surface area (Å²) in [6.07, 6.45) is 3.55. The van der Waals surface area contributed by atoms with E-state index in [4.69, 9.17) is 11.6 Å². The molecule has 1 aromatic rings. The van der Waals surface area contributed by atoms with Crippen LogP contribution in [0.2, 0.25) is 0 Å². The van der Waals surface area contributed by atoms with E-state index in [2.05, 4.69) is 42.8 Å². The first-order valence-corrected chi connectivity index (χ1v) is 7.46. The molecule has 0 spiro atoms. The van der Waals surface area contributed by atoms with E-state index < -0.39 is 0 Å². The minimum Gasteiger partial charge on any atom is -0.354 e. The molecule has 1 unspecified atom stereocenters. The predicted molar refractivity (Wildman–Crippen MR) is 80.5 cm³/mol. The van der Waals surface area contributed by atoms with Crippen molar-refractivity contribution in [2.24, 2.45) is 0 Å². The van der Waals surface area contributed by atoms with Crippen LogP contribution in [0.4, 0.5) is 5.82 Å². The van der Waals surface area contributed by atoms with Crippen LogP contribution in [0.1, 0.15) is 51.3 Å². The highest BCUT2D eigenvalue weighted by Crippen LogP contribution is 2.20. The summed E-state index contributed by atoms with van der Waals surface area (Å²) in [7, 11) is 0. The Hall–Kier alpha value is -0.760. The van der Waals surface area contributed by atoms with Crippen molar-refractivity contribution in [3.63, 3.8) is 0 Å². The average Bonchev–Trinajstić information content (AvgIpc) is 2.38. The molecule has 0 amide bonds. The molecule has 0 aliphatic rings. The first-order valence-electron chi connectivity index (χ1n) is 6.92. The molecule has 1 aromatic heterocycles. The zero-order chi connectivity index (χ0) is 13.5. The first kappa shape index (κ1) is 15.3. The second kappa shape index (κ2) is 7.63. The Balaban J connectivity index is 2.99. The standard InChI is InChI=1S/C15H25ClN2/c1-5-7-8-18(13(4)6-2)15-10-14(11-16)9-12(3)17-15/h9-10,13H,5-8,11H2,1-4H3. The maximum Gasteiger partial charge on any atom is 0.129 e. The normalized spacial score (nSPS) is 12.5. The van der Waals surface area contributed by atoms with Crippen LogP contribution < -0.4 is 4.90 Å². The number of pyridine rings is 1. The summed E-state index contributed by atoms with van der Waals surface area (Å²) in [5.74, 6) is 1.63. The number of nitrogens with zero attached hydrogens (tertiary/aromatic N) is 2. The molecule has 0 aliphatic carbocycles. The lowest BCUT2D eigenvalue weighted by molar-refractivity contribution is 0.589. The van der Waals surface area contributed by atoms with E-state index in [0.29, 0.717) is 11.9 Å². The Morgan fingerprint density at radius 1 is 1.33 bits per heavy atom. The van der Waals surface area contributed by atoms with E-state index in [-0.39, 0.29) is 0 Å². The molecule has 0 saturated heterocycles. The molecule has 18 heavy (non-hydrogen) atoms. The number of hydrogen-bond donors (Lipinski definition) is 0. The summed E-state index contributed by atoms with van der Waals surface area (Å²) in [5, 5.41) is 0. The largest absolute Gasteiger partial charge is 0.354 e. The lowest BCUT2D eigenvalue weighted by Gasteiger charge is -2.30. The molecule has 1 atom stereocenters. The third-order valence-corrected chi connectivity index (χ3v) is 3.63. The SMILES string of the molecule is CCCCN(c1cc(CCl)cc(C)n1)C(C)CC. The van der Waals surface area contributed by atoms with Crippen molar-refractivity contribution in [1.29, 1.82) is 0 Å². The number of halogens is 1. The number of aryl methyl sites for hydroxylation is 1. The fourth-order valence-corrected chi connectivity index (χ4v) is 2.21. The fourth-order valence-electron chi connectivity index (χ4n) is 2.05. The van der Waals surface area contributed by atoms with Crippen LogP contribution in [0.15, 0.2) is 12.1 Å². The molecule has 0 fully saturated rings. The Labute approximate surface area is 116 Å². The van der Waals surface area contributed by atoms with E-state index >= 15 is 0 Å². The molecule has 0 N–H and O–H groups in total. The smallest absolute Gasteiger partial charge is 0.129 e. The van der Waals surface area contributed by atoms with Crippen LogP contribution in [0.25, 0.3) is 0 Å². The van der Waals surface area contributed by atoms with Gasteiger partial charge in [-0.05, 0) is 44.4 Å². The van der Waals surface area contributed by atoms with Gasteiger partial charge < -0.3 is 4.90 Å². The minimum atomic E-state index is 0.522. The van der Waals surface area contributed by atoms with Gasteiger partial charge in [-0.2, -0.15) is 0 Å². The van der Waals surface area contributed by atoms with E-state index in [1.54, 1.807) is 0 Å². The third kappa shape index (κ3) is 4.16. The number of rotatable bonds is 7. The van der Waals surface area contributed by atoms with Crippen molar-refractivity contribution in [2.45, 2.75) is 58.9 Å².